The number of likely N-dealkylation sites (tertiary alicyclic amines) is 1. The summed E-state index contributed by atoms with van der Waals surface area (Å²) < 4.78 is 5.43. The molecule has 7 nitrogen and oxygen atoms in total. The number of nitrogens with zero attached hydrogens (tertiary/aromatic N) is 3. The Hall–Kier alpha value is -1.51. The standard InChI is InChI=1S/C19H28N4O3S/c1-13-4-8-23(9-5-13)17(24)12-22-7-6-14-16(11-22)27-19(20-14)21-18(25)15-3-2-10-26-15/h13,15H,2-12H2,1H3,(H,20,21,25). The first kappa shape index (κ1) is 18.8. The van der Waals surface area contributed by atoms with Gasteiger partial charge in [-0.3, -0.25) is 19.8 Å². The third-order valence-corrected chi connectivity index (χ3v) is 6.76. The lowest BCUT2D eigenvalue weighted by Crippen LogP contribution is -2.44. The fraction of sp³-hybridized carbons (Fsp3) is 0.737. The van der Waals surface area contributed by atoms with Crippen LogP contribution in [0.5, 0.6) is 0 Å². The van der Waals surface area contributed by atoms with Gasteiger partial charge in [0.05, 0.1) is 12.2 Å². The third kappa shape index (κ3) is 4.50. The number of thiazole rings is 1. The predicted octanol–water partition coefficient (Wildman–Crippen LogP) is 1.88. The number of fused-ring (bicyclic) bond motifs is 1. The van der Waals surface area contributed by atoms with Crippen LogP contribution in [0.4, 0.5) is 5.13 Å². The molecule has 2 saturated heterocycles. The van der Waals surface area contributed by atoms with Crippen molar-refractivity contribution in [2.24, 2.45) is 5.92 Å². The van der Waals surface area contributed by atoms with Gasteiger partial charge in [0.25, 0.3) is 5.91 Å². The lowest BCUT2D eigenvalue weighted by atomic mass is 9.99. The van der Waals surface area contributed by atoms with E-state index in [9.17, 15) is 9.59 Å². The van der Waals surface area contributed by atoms with Crippen molar-refractivity contribution in [3.05, 3.63) is 10.6 Å². The smallest absolute Gasteiger partial charge is 0.255 e. The maximum atomic E-state index is 12.6. The van der Waals surface area contributed by atoms with Crippen LogP contribution in [-0.2, 0) is 27.3 Å². The van der Waals surface area contributed by atoms with Crippen molar-refractivity contribution in [3.63, 3.8) is 0 Å². The van der Waals surface area contributed by atoms with Gasteiger partial charge >= 0.3 is 0 Å². The number of hydrogen-bond acceptors (Lipinski definition) is 6. The van der Waals surface area contributed by atoms with E-state index < -0.39 is 0 Å². The molecule has 3 aliphatic heterocycles. The van der Waals surface area contributed by atoms with E-state index in [1.165, 1.54) is 11.3 Å². The third-order valence-electron chi connectivity index (χ3n) is 5.76. The summed E-state index contributed by atoms with van der Waals surface area (Å²) in [6.45, 7) is 6.74. The van der Waals surface area contributed by atoms with E-state index in [1.54, 1.807) is 0 Å². The van der Waals surface area contributed by atoms with Crippen LogP contribution in [0.1, 0.15) is 43.2 Å². The topological polar surface area (TPSA) is 74.8 Å². The zero-order valence-corrected chi connectivity index (χ0v) is 16.7. The molecule has 3 aliphatic rings. The van der Waals surface area contributed by atoms with Crippen LogP contribution in [0.15, 0.2) is 0 Å². The molecule has 0 radical (unpaired) electrons. The number of aromatic nitrogens is 1. The number of piperidine rings is 1. The Morgan fingerprint density at radius 3 is 2.81 bits per heavy atom. The zero-order chi connectivity index (χ0) is 18.8. The predicted molar refractivity (Wildman–Crippen MR) is 104 cm³/mol. The van der Waals surface area contributed by atoms with Gasteiger partial charge in [-0.05, 0) is 31.6 Å². The summed E-state index contributed by atoms with van der Waals surface area (Å²) >= 11 is 1.52. The van der Waals surface area contributed by atoms with Crippen molar-refractivity contribution in [1.29, 1.82) is 0 Å². The maximum Gasteiger partial charge on any atom is 0.255 e. The molecule has 27 heavy (non-hydrogen) atoms. The highest BCUT2D eigenvalue weighted by atomic mass is 32.1. The number of carbonyl (C=O) groups is 2. The van der Waals surface area contributed by atoms with Crippen LogP contribution in [0, 0.1) is 5.92 Å². The van der Waals surface area contributed by atoms with Crippen LogP contribution < -0.4 is 5.32 Å². The van der Waals surface area contributed by atoms with Gasteiger partial charge in [-0.2, -0.15) is 0 Å². The number of hydrogen-bond donors (Lipinski definition) is 1. The highest BCUT2D eigenvalue weighted by Crippen LogP contribution is 2.29. The van der Waals surface area contributed by atoms with Crippen LogP contribution in [0.25, 0.3) is 0 Å². The quantitative estimate of drug-likeness (QED) is 0.847. The van der Waals surface area contributed by atoms with Crippen molar-refractivity contribution < 1.29 is 14.3 Å². The van der Waals surface area contributed by atoms with Crippen molar-refractivity contribution >= 4 is 28.3 Å². The molecule has 1 N–H and O–H groups in total. The Kier molecular flexibility index (Phi) is 5.75. The minimum Gasteiger partial charge on any atom is -0.368 e. The lowest BCUT2D eigenvalue weighted by Gasteiger charge is -2.33. The van der Waals surface area contributed by atoms with Gasteiger partial charge in [0.15, 0.2) is 5.13 Å². The average Bonchev–Trinajstić information content (AvgIpc) is 3.31. The molecule has 1 aromatic rings. The molecule has 2 amide bonds. The van der Waals surface area contributed by atoms with Gasteiger partial charge < -0.3 is 9.64 Å². The number of nitrogens with one attached hydrogen (secondary N) is 1. The van der Waals surface area contributed by atoms with Gasteiger partial charge in [-0.15, -0.1) is 11.3 Å². The minimum absolute atomic E-state index is 0.0926. The van der Waals surface area contributed by atoms with E-state index in [1.807, 2.05) is 4.90 Å². The Balaban J connectivity index is 1.31. The van der Waals surface area contributed by atoms with Crippen LogP contribution in [0.2, 0.25) is 0 Å². The van der Waals surface area contributed by atoms with E-state index in [2.05, 4.69) is 22.1 Å². The summed E-state index contributed by atoms with van der Waals surface area (Å²) in [6.07, 6.45) is 4.42. The molecule has 0 spiro atoms. The molecule has 4 heterocycles. The second-order valence-corrected chi connectivity index (χ2v) is 8.99. The number of rotatable bonds is 4. The molecule has 148 valence electrons. The molecule has 1 aromatic heterocycles. The van der Waals surface area contributed by atoms with Crippen molar-refractivity contribution in [1.82, 2.24) is 14.8 Å². The summed E-state index contributed by atoms with van der Waals surface area (Å²) in [5, 5.41) is 3.55. The van der Waals surface area contributed by atoms with Crippen molar-refractivity contribution in [3.8, 4) is 0 Å². The Morgan fingerprint density at radius 1 is 1.26 bits per heavy atom. The molecule has 8 heteroatoms. The molecule has 0 bridgehead atoms. The minimum atomic E-state index is -0.340. The van der Waals surface area contributed by atoms with Crippen LogP contribution in [-0.4, -0.2) is 65.5 Å². The van der Waals surface area contributed by atoms with Gasteiger partial charge in [0.1, 0.15) is 6.10 Å². The maximum absolute atomic E-state index is 12.6. The molecule has 4 rings (SSSR count). The summed E-state index contributed by atoms with van der Waals surface area (Å²) in [4.78, 5) is 34.7. The fourth-order valence-corrected chi connectivity index (χ4v) is 5.01. The molecule has 1 unspecified atom stereocenters. The number of carbonyl (C=O) groups excluding carboxylic acids is 2. The molecule has 1 atom stereocenters. The summed E-state index contributed by atoms with van der Waals surface area (Å²) in [5.41, 5.74) is 1.05. The largest absolute Gasteiger partial charge is 0.368 e. The Bertz CT molecular complexity index is 693. The Labute approximate surface area is 164 Å². The number of ether oxygens (including phenoxy) is 1. The molecule has 0 aliphatic carbocycles. The molecule has 2 fully saturated rings. The fourth-order valence-electron chi connectivity index (χ4n) is 3.96. The monoisotopic (exact) mass is 392 g/mol. The van der Waals surface area contributed by atoms with E-state index in [0.29, 0.717) is 18.3 Å². The first-order valence-corrected chi connectivity index (χ1v) is 10.8. The number of amides is 2. The normalized spacial score (nSPS) is 24.0. The highest BCUT2D eigenvalue weighted by molar-refractivity contribution is 7.15. The molecule has 0 aromatic carbocycles. The van der Waals surface area contributed by atoms with Crippen LogP contribution in [0.3, 0.4) is 0 Å². The first-order chi connectivity index (χ1) is 13.1. The molecular weight excluding hydrogens is 364 g/mol. The van der Waals surface area contributed by atoms with Crippen LogP contribution >= 0.6 is 11.3 Å². The first-order valence-electron chi connectivity index (χ1n) is 9.99. The summed E-state index contributed by atoms with van der Waals surface area (Å²) in [5.74, 6) is 0.874. The van der Waals surface area contributed by atoms with Gasteiger partial charge in [0, 0.05) is 44.1 Å². The van der Waals surface area contributed by atoms with Gasteiger partial charge in [0.2, 0.25) is 5.91 Å². The van der Waals surface area contributed by atoms with Gasteiger partial charge in [-0.25, -0.2) is 4.98 Å². The Morgan fingerprint density at radius 2 is 2.07 bits per heavy atom. The second kappa shape index (κ2) is 8.24. The second-order valence-electron chi connectivity index (χ2n) is 7.90. The van der Waals surface area contributed by atoms with E-state index >= 15 is 0 Å². The lowest BCUT2D eigenvalue weighted by molar-refractivity contribution is -0.134. The molecular formula is C19H28N4O3S. The van der Waals surface area contributed by atoms with E-state index in [0.717, 1.165) is 74.8 Å². The summed E-state index contributed by atoms with van der Waals surface area (Å²) in [7, 11) is 0. The average molecular weight is 393 g/mol. The highest BCUT2D eigenvalue weighted by Gasteiger charge is 2.28. The number of anilines is 1. The van der Waals surface area contributed by atoms with E-state index in [-0.39, 0.29) is 17.9 Å². The molecule has 0 saturated carbocycles. The van der Waals surface area contributed by atoms with E-state index in [4.69, 9.17) is 4.74 Å². The van der Waals surface area contributed by atoms with Crippen molar-refractivity contribution in [2.45, 2.75) is 51.7 Å². The van der Waals surface area contributed by atoms with Crippen molar-refractivity contribution in [2.75, 3.05) is 38.1 Å². The van der Waals surface area contributed by atoms with Gasteiger partial charge in [-0.1, -0.05) is 6.92 Å². The zero-order valence-electron chi connectivity index (χ0n) is 15.9. The SMILES string of the molecule is CC1CCN(C(=O)CN2CCc3nc(NC(=O)C4CCCO4)sc3C2)CC1. The summed E-state index contributed by atoms with van der Waals surface area (Å²) in [6, 6.07) is 0.